The maximum absolute atomic E-state index is 13.8. The fraction of sp³-hybridized carbons (Fsp3) is 0.286. The fourth-order valence-corrected chi connectivity index (χ4v) is 2.02. The number of ether oxygens (including phenoxy) is 2. The average molecular weight is 234 g/mol. The smallest absolute Gasteiger partial charge is 0.132 e. The van der Waals surface area contributed by atoms with E-state index in [4.69, 9.17) is 9.47 Å². The standard InChI is InChI=1S/C14H15FO2/c1-16-13-9-5-7-11(14(13)17-2)10-6-3-4-8-12(10)15/h3-8,13H,9H2,1-2H3. The number of benzene rings is 1. The summed E-state index contributed by atoms with van der Waals surface area (Å²) in [6.07, 6.45) is 4.46. The van der Waals surface area contributed by atoms with Gasteiger partial charge in [0.15, 0.2) is 0 Å². The molecule has 2 rings (SSSR count). The molecular weight excluding hydrogens is 219 g/mol. The van der Waals surface area contributed by atoms with Crippen LogP contribution in [0.1, 0.15) is 12.0 Å². The molecule has 0 aromatic heterocycles. The first kappa shape index (κ1) is 11.9. The molecule has 3 heteroatoms. The van der Waals surface area contributed by atoms with E-state index in [2.05, 4.69) is 0 Å². The van der Waals surface area contributed by atoms with Crippen molar-refractivity contribution in [1.29, 1.82) is 0 Å². The Bertz CT molecular complexity index is 463. The molecule has 0 bridgehead atoms. The van der Waals surface area contributed by atoms with E-state index in [0.717, 1.165) is 12.0 Å². The van der Waals surface area contributed by atoms with Crippen LogP contribution >= 0.6 is 0 Å². The quantitative estimate of drug-likeness (QED) is 0.799. The maximum Gasteiger partial charge on any atom is 0.132 e. The van der Waals surface area contributed by atoms with Crippen LogP contribution in [0.15, 0.2) is 42.2 Å². The molecule has 1 unspecified atom stereocenters. The highest BCUT2D eigenvalue weighted by Gasteiger charge is 2.22. The van der Waals surface area contributed by atoms with Crippen LogP contribution in [0, 0.1) is 5.82 Å². The Morgan fingerprint density at radius 3 is 2.65 bits per heavy atom. The first-order chi connectivity index (χ1) is 8.27. The average Bonchev–Trinajstić information content (AvgIpc) is 2.38. The highest BCUT2D eigenvalue weighted by Crippen LogP contribution is 2.30. The topological polar surface area (TPSA) is 18.5 Å². The van der Waals surface area contributed by atoms with Gasteiger partial charge in [-0.05, 0) is 12.5 Å². The molecule has 1 aliphatic rings. The molecule has 90 valence electrons. The number of methoxy groups -OCH3 is 2. The lowest BCUT2D eigenvalue weighted by Crippen LogP contribution is -2.18. The zero-order valence-electron chi connectivity index (χ0n) is 9.94. The van der Waals surface area contributed by atoms with Crippen molar-refractivity contribution in [2.24, 2.45) is 0 Å². The van der Waals surface area contributed by atoms with E-state index >= 15 is 0 Å². The van der Waals surface area contributed by atoms with Gasteiger partial charge in [0.1, 0.15) is 17.7 Å². The first-order valence-electron chi connectivity index (χ1n) is 5.50. The molecule has 0 amide bonds. The SMILES string of the molecule is COC1=C(c2ccccc2F)C=CCC1OC. The number of halogens is 1. The van der Waals surface area contributed by atoms with E-state index in [1.807, 2.05) is 18.2 Å². The van der Waals surface area contributed by atoms with Crippen molar-refractivity contribution in [2.75, 3.05) is 14.2 Å². The second kappa shape index (κ2) is 5.15. The summed E-state index contributed by atoms with van der Waals surface area (Å²) < 4.78 is 24.4. The normalized spacial score (nSPS) is 19.6. The Morgan fingerprint density at radius 1 is 1.24 bits per heavy atom. The molecule has 17 heavy (non-hydrogen) atoms. The van der Waals surface area contributed by atoms with Crippen LogP contribution in [0.4, 0.5) is 4.39 Å². The van der Waals surface area contributed by atoms with Gasteiger partial charge in [0.2, 0.25) is 0 Å². The molecule has 0 saturated carbocycles. The van der Waals surface area contributed by atoms with Gasteiger partial charge in [-0.15, -0.1) is 0 Å². The van der Waals surface area contributed by atoms with Crippen LogP contribution < -0.4 is 0 Å². The molecule has 0 saturated heterocycles. The van der Waals surface area contributed by atoms with E-state index in [9.17, 15) is 4.39 Å². The second-order valence-electron chi connectivity index (χ2n) is 3.82. The molecule has 0 radical (unpaired) electrons. The van der Waals surface area contributed by atoms with E-state index in [-0.39, 0.29) is 11.9 Å². The van der Waals surface area contributed by atoms with Gasteiger partial charge in [-0.2, -0.15) is 0 Å². The lowest BCUT2D eigenvalue weighted by molar-refractivity contribution is 0.0810. The molecule has 1 aliphatic carbocycles. The van der Waals surface area contributed by atoms with Gasteiger partial charge in [-0.25, -0.2) is 4.39 Å². The summed E-state index contributed by atoms with van der Waals surface area (Å²) in [4.78, 5) is 0. The monoisotopic (exact) mass is 234 g/mol. The summed E-state index contributed by atoms with van der Waals surface area (Å²) in [5.41, 5.74) is 1.30. The van der Waals surface area contributed by atoms with Crippen LogP contribution in [-0.2, 0) is 9.47 Å². The third-order valence-corrected chi connectivity index (χ3v) is 2.86. The third-order valence-electron chi connectivity index (χ3n) is 2.86. The molecule has 0 fully saturated rings. The number of hydrogen-bond donors (Lipinski definition) is 0. The summed E-state index contributed by atoms with van der Waals surface area (Å²) in [6.45, 7) is 0. The molecular formula is C14H15FO2. The highest BCUT2D eigenvalue weighted by atomic mass is 19.1. The molecule has 0 N–H and O–H groups in total. The van der Waals surface area contributed by atoms with Crippen molar-refractivity contribution in [3.05, 3.63) is 53.6 Å². The Balaban J connectivity index is 2.51. The second-order valence-corrected chi connectivity index (χ2v) is 3.82. The minimum absolute atomic E-state index is 0.139. The summed E-state index contributed by atoms with van der Waals surface area (Å²) in [7, 11) is 3.21. The number of rotatable bonds is 3. The van der Waals surface area contributed by atoms with E-state index in [1.165, 1.54) is 6.07 Å². The molecule has 0 aliphatic heterocycles. The predicted octanol–water partition coefficient (Wildman–Crippen LogP) is 3.16. The lowest BCUT2D eigenvalue weighted by Gasteiger charge is -2.23. The van der Waals surface area contributed by atoms with Gasteiger partial charge in [-0.3, -0.25) is 0 Å². The van der Waals surface area contributed by atoms with Crippen LogP contribution in [0.5, 0.6) is 0 Å². The summed E-state index contributed by atoms with van der Waals surface area (Å²) in [6, 6.07) is 6.67. The van der Waals surface area contributed by atoms with Crippen molar-refractivity contribution in [3.63, 3.8) is 0 Å². The first-order valence-corrected chi connectivity index (χ1v) is 5.50. The van der Waals surface area contributed by atoms with Crippen molar-refractivity contribution >= 4 is 5.57 Å². The summed E-state index contributed by atoms with van der Waals surface area (Å²) >= 11 is 0. The van der Waals surface area contributed by atoms with Crippen LogP contribution in [0.25, 0.3) is 5.57 Å². The molecule has 1 atom stereocenters. The molecule has 1 aromatic rings. The minimum Gasteiger partial charge on any atom is -0.498 e. The van der Waals surface area contributed by atoms with Gasteiger partial charge in [0, 0.05) is 18.2 Å². The van der Waals surface area contributed by atoms with Crippen LogP contribution in [0.2, 0.25) is 0 Å². The van der Waals surface area contributed by atoms with Crippen molar-refractivity contribution < 1.29 is 13.9 Å². The largest absolute Gasteiger partial charge is 0.498 e. The Labute approximate surface area is 100 Å². The van der Waals surface area contributed by atoms with E-state index in [0.29, 0.717) is 11.3 Å². The Morgan fingerprint density at radius 2 is 2.00 bits per heavy atom. The van der Waals surface area contributed by atoms with Gasteiger partial charge in [0.05, 0.1) is 7.11 Å². The van der Waals surface area contributed by atoms with Gasteiger partial charge in [0.25, 0.3) is 0 Å². The number of hydrogen-bond acceptors (Lipinski definition) is 2. The molecule has 1 aromatic carbocycles. The summed E-state index contributed by atoms with van der Waals surface area (Å²) in [5, 5.41) is 0. The van der Waals surface area contributed by atoms with Gasteiger partial charge < -0.3 is 9.47 Å². The predicted molar refractivity (Wildman–Crippen MR) is 64.9 cm³/mol. The molecule has 2 nitrogen and oxygen atoms in total. The van der Waals surface area contributed by atoms with E-state index < -0.39 is 0 Å². The zero-order chi connectivity index (χ0) is 12.3. The Hall–Kier alpha value is -1.61. The zero-order valence-corrected chi connectivity index (χ0v) is 9.94. The third kappa shape index (κ3) is 2.24. The van der Waals surface area contributed by atoms with Gasteiger partial charge >= 0.3 is 0 Å². The lowest BCUT2D eigenvalue weighted by atomic mass is 9.96. The van der Waals surface area contributed by atoms with Crippen molar-refractivity contribution in [2.45, 2.75) is 12.5 Å². The number of allylic oxidation sites excluding steroid dienone is 2. The highest BCUT2D eigenvalue weighted by molar-refractivity contribution is 5.77. The van der Waals surface area contributed by atoms with Crippen LogP contribution in [0.3, 0.4) is 0 Å². The summed E-state index contributed by atoms with van der Waals surface area (Å²) in [5.74, 6) is 0.429. The van der Waals surface area contributed by atoms with Crippen LogP contribution in [-0.4, -0.2) is 20.3 Å². The van der Waals surface area contributed by atoms with Crippen molar-refractivity contribution in [1.82, 2.24) is 0 Å². The van der Waals surface area contributed by atoms with Crippen molar-refractivity contribution in [3.8, 4) is 0 Å². The Kier molecular flexibility index (Phi) is 3.59. The van der Waals surface area contributed by atoms with Gasteiger partial charge in [-0.1, -0.05) is 30.4 Å². The fourth-order valence-electron chi connectivity index (χ4n) is 2.02. The minimum atomic E-state index is -0.251. The molecule has 0 heterocycles. The maximum atomic E-state index is 13.8. The molecule has 0 spiro atoms. The van der Waals surface area contributed by atoms with E-state index in [1.54, 1.807) is 26.4 Å².